The summed E-state index contributed by atoms with van der Waals surface area (Å²) in [5.41, 5.74) is -0.332. The van der Waals surface area contributed by atoms with Crippen LogP contribution in [0.25, 0.3) is 0 Å². The monoisotopic (exact) mass is 292 g/mol. The fourth-order valence-electron chi connectivity index (χ4n) is 1.59. The molecule has 0 bridgehead atoms. The van der Waals surface area contributed by atoms with Crippen molar-refractivity contribution in [3.05, 3.63) is 51.7 Å². The molecule has 0 aromatic heterocycles. The van der Waals surface area contributed by atoms with Gasteiger partial charge in [-0.2, -0.15) is 0 Å². The van der Waals surface area contributed by atoms with Gasteiger partial charge >= 0.3 is 5.97 Å². The number of nitro benzene ring substituents is 1. The first kappa shape index (κ1) is 16.4. The van der Waals surface area contributed by atoms with Gasteiger partial charge in [-0.15, -0.1) is 0 Å². The van der Waals surface area contributed by atoms with Crippen LogP contribution in [0.1, 0.15) is 17.3 Å². The third-order valence-electron chi connectivity index (χ3n) is 2.45. The van der Waals surface area contributed by atoms with Crippen molar-refractivity contribution in [2.75, 3.05) is 20.7 Å². The van der Waals surface area contributed by atoms with Crippen molar-refractivity contribution < 1.29 is 19.2 Å². The summed E-state index contributed by atoms with van der Waals surface area (Å²) in [5.74, 6) is -1.38. The Morgan fingerprint density at radius 1 is 1.38 bits per heavy atom. The minimum Gasteiger partial charge on any atom is -0.462 e. The minimum absolute atomic E-state index is 0.0605. The maximum atomic E-state index is 12.4. The molecule has 0 heterocycles. The second kappa shape index (κ2) is 7.18. The zero-order valence-electron chi connectivity index (χ0n) is 12.0. The Morgan fingerprint density at radius 3 is 2.57 bits per heavy atom. The molecular formula is C14H16N2O5. The summed E-state index contributed by atoms with van der Waals surface area (Å²) < 4.78 is 4.84. The van der Waals surface area contributed by atoms with Gasteiger partial charge in [0, 0.05) is 38.0 Å². The highest BCUT2D eigenvalue weighted by Gasteiger charge is 2.23. The summed E-state index contributed by atoms with van der Waals surface area (Å²) in [6.07, 6.45) is 1.33. The Balaban J connectivity index is 3.20. The molecule has 0 saturated carbocycles. The van der Waals surface area contributed by atoms with E-state index >= 15 is 0 Å². The van der Waals surface area contributed by atoms with E-state index in [1.165, 1.54) is 29.3 Å². The lowest BCUT2D eigenvalue weighted by atomic mass is 10.0. The Kier molecular flexibility index (Phi) is 5.59. The van der Waals surface area contributed by atoms with Gasteiger partial charge < -0.3 is 9.64 Å². The lowest BCUT2D eigenvalue weighted by Gasteiger charge is -2.10. The van der Waals surface area contributed by atoms with Crippen molar-refractivity contribution in [3.8, 4) is 0 Å². The average molecular weight is 292 g/mol. The lowest BCUT2D eigenvalue weighted by molar-refractivity contribution is -0.384. The molecule has 0 aliphatic carbocycles. The largest absolute Gasteiger partial charge is 0.462 e. The summed E-state index contributed by atoms with van der Waals surface area (Å²) in [5, 5.41) is 10.7. The maximum Gasteiger partial charge on any atom is 0.343 e. The van der Waals surface area contributed by atoms with Crippen molar-refractivity contribution in [3.63, 3.8) is 0 Å². The maximum absolute atomic E-state index is 12.4. The summed E-state index contributed by atoms with van der Waals surface area (Å²) in [6.45, 7) is 1.76. The third-order valence-corrected chi connectivity index (χ3v) is 2.45. The fourth-order valence-corrected chi connectivity index (χ4v) is 1.59. The van der Waals surface area contributed by atoms with Crippen LogP contribution in [0.5, 0.6) is 0 Å². The average Bonchev–Trinajstić information content (AvgIpc) is 2.44. The van der Waals surface area contributed by atoms with Gasteiger partial charge in [0.05, 0.1) is 11.5 Å². The quantitative estimate of drug-likeness (QED) is 0.151. The van der Waals surface area contributed by atoms with E-state index in [1.54, 1.807) is 21.0 Å². The predicted octanol–water partition coefficient (Wildman–Crippen LogP) is 1.79. The number of Topliss-reactive ketones (excluding diaryl/α,β-unsaturated/α-hetero) is 1. The highest BCUT2D eigenvalue weighted by molar-refractivity contribution is 6.24. The number of benzene rings is 1. The van der Waals surface area contributed by atoms with Crippen molar-refractivity contribution >= 4 is 17.4 Å². The van der Waals surface area contributed by atoms with Crippen LogP contribution >= 0.6 is 0 Å². The molecule has 0 atom stereocenters. The lowest BCUT2D eigenvalue weighted by Crippen LogP contribution is -2.19. The third kappa shape index (κ3) is 4.41. The zero-order chi connectivity index (χ0) is 16.0. The van der Waals surface area contributed by atoms with Gasteiger partial charge in [0.15, 0.2) is 0 Å². The highest BCUT2D eigenvalue weighted by Crippen LogP contribution is 2.17. The standard InChI is InChI=1S/C14H16N2O5/c1-4-21-14(18)12(9-15(2)3)13(17)10-6-5-7-11(8-10)16(19)20/h5-9H,4H2,1-3H3. The van der Waals surface area contributed by atoms with Gasteiger partial charge in [0.25, 0.3) is 5.69 Å². The van der Waals surface area contributed by atoms with Gasteiger partial charge in [-0.1, -0.05) is 12.1 Å². The summed E-state index contributed by atoms with van der Waals surface area (Å²) in [6, 6.07) is 5.21. The highest BCUT2D eigenvalue weighted by atomic mass is 16.6. The first-order valence-electron chi connectivity index (χ1n) is 6.21. The molecule has 0 radical (unpaired) electrons. The molecule has 112 valence electrons. The number of hydrogen-bond donors (Lipinski definition) is 0. The topological polar surface area (TPSA) is 89.8 Å². The Hall–Kier alpha value is -2.70. The molecule has 7 heteroatoms. The van der Waals surface area contributed by atoms with Crippen molar-refractivity contribution in [1.82, 2.24) is 4.90 Å². The number of carbonyl (C=O) groups excluding carboxylic acids is 2. The van der Waals surface area contributed by atoms with E-state index in [4.69, 9.17) is 4.74 Å². The van der Waals surface area contributed by atoms with Gasteiger partial charge in [-0.25, -0.2) is 4.79 Å². The van der Waals surface area contributed by atoms with E-state index in [0.29, 0.717) is 0 Å². The van der Waals surface area contributed by atoms with Crippen molar-refractivity contribution in [2.45, 2.75) is 6.92 Å². The second-order valence-electron chi connectivity index (χ2n) is 4.36. The number of esters is 1. The molecular weight excluding hydrogens is 276 g/mol. The number of nitrogens with zero attached hydrogens (tertiary/aromatic N) is 2. The van der Waals surface area contributed by atoms with Crippen LogP contribution in [0.2, 0.25) is 0 Å². The summed E-state index contributed by atoms with van der Waals surface area (Å²) in [7, 11) is 3.31. The van der Waals surface area contributed by atoms with E-state index in [0.717, 1.165) is 6.07 Å². The van der Waals surface area contributed by atoms with Crippen molar-refractivity contribution in [2.24, 2.45) is 0 Å². The van der Waals surface area contributed by atoms with Gasteiger partial charge in [0.1, 0.15) is 5.57 Å². The number of rotatable bonds is 6. The van der Waals surface area contributed by atoms with E-state index in [9.17, 15) is 19.7 Å². The van der Waals surface area contributed by atoms with Gasteiger partial charge in [-0.05, 0) is 6.92 Å². The first-order chi connectivity index (χ1) is 9.86. The Labute approximate surface area is 122 Å². The molecule has 7 nitrogen and oxygen atoms in total. The zero-order valence-corrected chi connectivity index (χ0v) is 12.0. The molecule has 0 amide bonds. The fraction of sp³-hybridized carbons (Fsp3) is 0.286. The van der Waals surface area contributed by atoms with Crippen LogP contribution in [0.15, 0.2) is 36.0 Å². The van der Waals surface area contributed by atoms with Crippen molar-refractivity contribution in [1.29, 1.82) is 0 Å². The number of nitro groups is 1. The molecule has 0 spiro atoms. The molecule has 0 N–H and O–H groups in total. The van der Waals surface area contributed by atoms with E-state index in [-0.39, 0.29) is 23.4 Å². The molecule has 0 saturated heterocycles. The summed E-state index contributed by atoms with van der Waals surface area (Å²) in [4.78, 5) is 35.9. The molecule has 0 aliphatic heterocycles. The number of ether oxygens (including phenoxy) is 1. The Bertz CT molecular complexity index is 593. The molecule has 0 aliphatic rings. The van der Waals surface area contributed by atoms with Crippen LogP contribution in [-0.4, -0.2) is 42.3 Å². The first-order valence-corrected chi connectivity index (χ1v) is 6.21. The van der Waals surface area contributed by atoms with Crippen LogP contribution in [-0.2, 0) is 9.53 Å². The van der Waals surface area contributed by atoms with E-state index in [1.807, 2.05) is 0 Å². The smallest absolute Gasteiger partial charge is 0.343 e. The van der Waals surface area contributed by atoms with Crippen LogP contribution in [0, 0.1) is 10.1 Å². The van der Waals surface area contributed by atoms with E-state index < -0.39 is 16.7 Å². The molecule has 21 heavy (non-hydrogen) atoms. The number of non-ortho nitro benzene ring substituents is 1. The van der Waals surface area contributed by atoms with E-state index in [2.05, 4.69) is 0 Å². The van der Waals surface area contributed by atoms with Crippen LogP contribution in [0.3, 0.4) is 0 Å². The van der Waals surface area contributed by atoms with Gasteiger partial charge in [-0.3, -0.25) is 14.9 Å². The minimum atomic E-state index is -0.761. The predicted molar refractivity (Wildman–Crippen MR) is 75.8 cm³/mol. The molecule has 1 aromatic rings. The summed E-state index contributed by atoms with van der Waals surface area (Å²) >= 11 is 0. The normalized spacial score (nSPS) is 10.9. The number of hydrogen-bond acceptors (Lipinski definition) is 6. The van der Waals surface area contributed by atoms with Crippen LogP contribution in [0.4, 0.5) is 5.69 Å². The molecule has 0 unspecified atom stereocenters. The number of carbonyl (C=O) groups is 2. The molecule has 1 rings (SSSR count). The second-order valence-corrected chi connectivity index (χ2v) is 4.36. The van der Waals surface area contributed by atoms with Crippen LogP contribution < -0.4 is 0 Å². The number of ketones is 1. The SMILES string of the molecule is CCOC(=O)C(=CN(C)C)C(=O)c1cccc([N+](=O)[O-])c1. The molecule has 0 fully saturated rings. The van der Waals surface area contributed by atoms with Gasteiger partial charge in [0.2, 0.25) is 5.78 Å². The Morgan fingerprint density at radius 2 is 2.05 bits per heavy atom. The molecule has 1 aromatic carbocycles.